The molecular weight excluding hydrogens is 426 g/mol. The van der Waals surface area contributed by atoms with Crippen LogP contribution in [0.15, 0.2) is 60.7 Å². The fraction of sp³-hybridized carbons (Fsp3) is 0.286. The van der Waals surface area contributed by atoms with Crippen molar-refractivity contribution in [2.45, 2.75) is 13.8 Å². The molecule has 6 heteroatoms. The number of ether oxygens (including phenoxy) is 1. The number of ketones is 1. The van der Waals surface area contributed by atoms with Crippen LogP contribution in [-0.4, -0.2) is 56.9 Å². The molecule has 0 radical (unpaired) electrons. The Labute approximate surface area is 201 Å². The zero-order valence-electron chi connectivity index (χ0n) is 20.2. The van der Waals surface area contributed by atoms with E-state index in [1.165, 1.54) is 0 Å². The summed E-state index contributed by atoms with van der Waals surface area (Å²) in [7, 11) is 3.79. The van der Waals surface area contributed by atoms with Gasteiger partial charge in [0.2, 0.25) is 0 Å². The molecule has 0 aliphatic carbocycles. The van der Waals surface area contributed by atoms with Gasteiger partial charge in [0, 0.05) is 43.0 Å². The number of carbonyl (C=O) groups excluding carboxylic acids is 2. The highest BCUT2D eigenvalue weighted by Crippen LogP contribution is 2.32. The van der Waals surface area contributed by atoms with Crippen molar-refractivity contribution < 1.29 is 14.3 Å². The summed E-state index contributed by atoms with van der Waals surface area (Å²) < 4.78 is 5.58. The minimum Gasteiger partial charge on any atom is -0.495 e. The average molecular weight is 458 g/mol. The molecule has 0 aromatic heterocycles. The van der Waals surface area contributed by atoms with Crippen LogP contribution in [0.25, 0.3) is 11.1 Å². The minimum atomic E-state index is -0.156. The maximum atomic E-state index is 13.1. The summed E-state index contributed by atoms with van der Waals surface area (Å²) in [4.78, 5) is 29.4. The van der Waals surface area contributed by atoms with E-state index in [-0.39, 0.29) is 11.7 Å². The monoisotopic (exact) mass is 457 g/mol. The van der Waals surface area contributed by atoms with Crippen LogP contribution in [0.5, 0.6) is 5.75 Å². The van der Waals surface area contributed by atoms with Gasteiger partial charge in [-0.05, 0) is 67.9 Å². The summed E-state index contributed by atoms with van der Waals surface area (Å²) in [6, 6.07) is 19.0. The zero-order valence-corrected chi connectivity index (χ0v) is 20.2. The molecule has 1 amide bonds. The standard InChI is InChI=1S/C28H31N3O3/c1-19-16-23(22-7-5-6-21(17-22)20(2)32)8-10-25(19)28(33)29-24-9-11-27(34-4)26(18-24)31-14-12-30(3)13-15-31/h5-11,16-18H,12-15H2,1-4H3,(H,29,33). The van der Waals surface area contributed by atoms with Crippen molar-refractivity contribution in [3.05, 3.63) is 77.4 Å². The van der Waals surface area contributed by atoms with Crippen molar-refractivity contribution in [2.24, 2.45) is 0 Å². The van der Waals surface area contributed by atoms with Gasteiger partial charge in [-0.15, -0.1) is 0 Å². The molecule has 0 spiro atoms. The Kier molecular flexibility index (Phi) is 6.98. The van der Waals surface area contributed by atoms with Crippen molar-refractivity contribution in [3.8, 4) is 16.9 Å². The topological polar surface area (TPSA) is 61.9 Å². The molecule has 4 rings (SSSR count). The van der Waals surface area contributed by atoms with Crippen LogP contribution in [0.1, 0.15) is 33.2 Å². The number of anilines is 2. The molecule has 0 saturated carbocycles. The highest BCUT2D eigenvalue weighted by atomic mass is 16.5. The fourth-order valence-corrected chi connectivity index (χ4v) is 4.28. The van der Waals surface area contributed by atoms with Gasteiger partial charge in [-0.3, -0.25) is 9.59 Å². The maximum Gasteiger partial charge on any atom is 0.255 e. The average Bonchev–Trinajstić information content (AvgIpc) is 2.84. The van der Waals surface area contributed by atoms with Crippen LogP contribution in [-0.2, 0) is 0 Å². The second-order valence-corrected chi connectivity index (χ2v) is 8.80. The largest absolute Gasteiger partial charge is 0.495 e. The van der Waals surface area contributed by atoms with Crippen LogP contribution >= 0.6 is 0 Å². The highest BCUT2D eigenvalue weighted by molar-refractivity contribution is 6.06. The van der Waals surface area contributed by atoms with Crippen LogP contribution in [0.3, 0.4) is 0 Å². The third-order valence-electron chi connectivity index (χ3n) is 6.35. The number of piperazine rings is 1. The van der Waals surface area contributed by atoms with Gasteiger partial charge >= 0.3 is 0 Å². The summed E-state index contributed by atoms with van der Waals surface area (Å²) in [5.41, 5.74) is 5.81. The van der Waals surface area contributed by atoms with Gasteiger partial charge < -0.3 is 19.9 Å². The first-order valence-electron chi connectivity index (χ1n) is 11.5. The van der Waals surface area contributed by atoms with E-state index in [0.29, 0.717) is 11.1 Å². The number of aryl methyl sites for hydroxylation is 1. The van der Waals surface area contributed by atoms with E-state index in [1.54, 1.807) is 14.0 Å². The Morgan fingerprint density at radius 1 is 0.912 bits per heavy atom. The first-order chi connectivity index (χ1) is 16.4. The highest BCUT2D eigenvalue weighted by Gasteiger charge is 2.19. The second kappa shape index (κ2) is 10.1. The molecule has 1 saturated heterocycles. The number of benzene rings is 3. The lowest BCUT2D eigenvalue weighted by molar-refractivity contribution is 0.101. The molecule has 1 aliphatic heterocycles. The number of hydrogen-bond acceptors (Lipinski definition) is 5. The summed E-state index contributed by atoms with van der Waals surface area (Å²) in [6.07, 6.45) is 0. The van der Waals surface area contributed by atoms with Gasteiger partial charge in [-0.25, -0.2) is 0 Å². The van der Waals surface area contributed by atoms with Crippen LogP contribution in [0.2, 0.25) is 0 Å². The molecule has 0 atom stereocenters. The van der Waals surface area contributed by atoms with Gasteiger partial charge in [0.15, 0.2) is 5.78 Å². The van der Waals surface area contributed by atoms with Crippen LogP contribution in [0.4, 0.5) is 11.4 Å². The number of nitrogens with one attached hydrogen (secondary N) is 1. The van der Waals surface area contributed by atoms with Gasteiger partial charge in [0.25, 0.3) is 5.91 Å². The lowest BCUT2D eigenvalue weighted by Crippen LogP contribution is -2.44. The minimum absolute atomic E-state index is 0.0324. The molecule has 1 N–H and O–H groups in total. The van der Waals surface area contributed by atoms with E-state index >= 15 is 0 Å². The lowest BCUT2D eigenvalue weighted by Gasteiger charge is -2.35. The summed E-state index contributed by atoms with van der Waals surface area (Å²) in [5, 5.41) is 3.05. The molecule has 3 aromatic carbocycles. The maximum absolute atomic E-state index is 13.1. The van der Waals surface area contributed by atoms with E-state index in [9.17, 15) is 9.59 Å². The Hall–Kier alpha value is -3.64. The summed E-state index contributed by atoms with van der Waals surface area (Å²) in [5.74, 6) is 0.678. The molecule has 1 heterocycles. The zero-order chi connectivity index (χ0) is 24.2. The normalized spacial score (nSPS) is 14.1. The fourth-order valence-electron chi connectivity index (χ4n) is 4.28. The van der Waals surface area contributed by atoms with Crippen molar-refractivity contribution >= 4 is 23.1 Å². The number of amides is 1. The smallest absolute Gasteiger partial charge is 0.255 e. The summed E-state index contributed by atoms with van der Waals surface area (Å²) in [6.45, 7) is 7.29. The van der Waals surface area contributed by atoms with E-state index < -0.39 is 0 Å². The molecule has 1 fully saturated rings. The molecule has 1 aliphatic rings. The Morgan fingerprint density at radius 3 is 2.32 bits per heavy atom. The van der Waals surface area contributed by atoms with Crippen LogP contribution < -0.4 is 15.0 Å². The third-order valence-corrected chi connectivity index (χ3v) is 6.35. The number of methoxy groups -OCH3 is 1. The van der Waals surface area contributed by atoms with E-state index in [0.717, 1.165) is 60.0 Å². The number of nitrogens with zero attached hydrogens (tertiary/aromatic N) is 2. The van der Waals surface area contributed by atoms with Crippen LogP contribution in [0, 0.1) is 6.92 Å². The molecule has 0 bridgehead atoms. The number of carbonyl (C=O) groups is 2. The summed E-state index contributed by atoms with van der Waals surface area (Å²) >= 11 is 0. The van der Waals surface area contributed by atoms with E-state index in [1.807, 2.05) is 67.6 Å². The first kappa shape index (κ1) is 23.5. The van der Waals surface area contributed by atoms with E-state index in [4.69, 9.17) is 4.74 Å². The van der Waals surface area contributed by atoms with Gasteiger partial charge in [-0.1, -0.05) is 30.3 Å². The molecule has 34 heavy (non-hydrogen) atoms. The molecule has 6 nitrogen and oxygen atoms in total. The van der Waals surface area contributed by atoms with Crippen molar-refractivity contribution in [1.82, 2.24) is 4.90 Å². The predicted molar refractivity (Wildman–Crippen MR) is 137 cm³/mol. The Morgan fingerprint density at radius 2 is 1.65 bits per heavy atom. The molecule has 0 unspecified atom stereocenters. The first-order valence-corrected chi connectivity index (χ1v) is 11.5. The number of likely N-dealkylation sites (N-methyl/N-ethyl adjacent to an activating group) is 1. The number of hydrogen-bond donors (Lipinski definition) is 1. The third kappa shape index (κ3) is 5.13. The van der Waals surface area contributed by atoms with Gasteiger partial charge in [0.05, 0.1) is 12.8 Å². The quantitative estimate of drug-likeness (QED) is 0.535. The van der Waals surface area contributed by atoms with Crippen molar-refractivity contribution in [1.29, 1.82) is 0 Å². The van der Waals surface area contributed by atoms with Gasteiger partial charge in [0.1, 0.15) is 5.75 Å². The Bertz CT molecular complexity index is 1210. The number of rotatable bonds is 6. The molecule has 3 aromatic rings. The predicted octanol–water partition coefficient (Wildman–Crippen LogP) is 4.88. The SMILES string of the molecule is COc1ccc(NC(=O)c2ccc(-c3cccc(C(C)=O)c3)cc2C)cc1N1CCN(C)CC1. The van der Waals surface area contributed by atoms with Crippen molar-refractivity contribution in [3.63, 3.8) is 0 Å². The number of Topliss-reactive ketones (excluding diaryl/α,β-unsaturated/α-hetero) is 1. The Balaban J connectivity index is 1.54. The molecule has 176 valence electrons. The van der Waals surface area contributed by atoms with Crippen molar-refractivity contribution in [2.75, 3.05) is 50.6 Å². The van der Waals surface area contributed by atoms with Gasteiger partial charge in [-0.2, -0.15) is 0 Å². The second-order valence-electron chi connectivity index (χ2n) is 8.80. The lowest BCUT2D eigenvalue weighted by atomic mass is 9.97. The molecular formula is C28H31N3O3. The van der Waals surface area contributed by atoms with E-state index in [2.05, 4.69) is 22.2 Å².